The van der Waals surface area contributed by atoms with Crippen LogP contribution in [0.3, 0.4) is 0 Å². The molecule has 3 rings (SSSR count). The Hall–Kier alpha value is -1.10. The van der Waals surface area contributed by atoms with Crippen LogP contribution in [0.25, 0.3) is 0 Å². The second-order valence-electron chi connectivity index (χ2n) is 4.93. The highest BCUT2D eigenvalue weighted by atomic mass is 16.6. The maximum absolute atomic E-state index is 11.8. The summed E-state index contributed by atoms with van der Waals surface area (Å²) in [4.78, 5) is 23.0. The van der Waals surface area contributed by atoms with Gasteiger partial charge in [0.25, 0.3) is 0 Å². The third-order valence-electron chi connectivity index (χ3n) is 3.81. The molecule has 0 aromatic heterocycles. The standard InChI is InChI=1S/C11H14O5/c1-5-3-11(16-6(2)12)7(4-14-10(11)13)9-8(5)15-9/h5,7-9H,3-4H2,1-2H3/t5-,7-,8-,9+,11-/m1/s1. The van der Waals surface area contributed by atoms with E-state index in [4.69, 9.17) is 14.2 Å². The van der Waals surface area contributed by atoms with Crippen molar-refractivity contribution >= 4 is 11.9 Å². The molecular formula is C11H14O5. The first-order chi connectivity index (χ1) is 7.54. The smallest absolute Gasteiger partial charge is 0.351 e. The lowest BCUT2D eigenvalue weighted by Gasteiger charge is -2.34. The van der Waals surface area contributed by atoms with Crippen molar-refractivity contribution in [3.8, 4) is 0 Å². The summed E-state index contributed by atoms with van der Waals surface area (Å²) in [6.07, 6.45) is 0.745. The van der Waals surface area contributed by atoms with Gasteiger partial charge in [0.15, 0.2) is 0 Å². The van der Waals surface area contributed by atoms with E-state index in [-0.39, 0.29) is 24.0 Å². The fourth-order valence-electron chi connectivity index (χ4n) is 3.10. The Labute approximate surface area is 93.0 Å². The number of carbonyl (C=O) groups excluding carboxylic acids is 2. The molecule has 1 saturated carbocycles. The summed E-state index contributed by atoms with van der Waals surface area (Å²) >= 11 is 0. The molecule has 1 aliphatic carbocycles. The first-order valence-electron chi connectivity index (χ1n) is 5.57. The van der Waals surface area contributed by atoms with Gasteiger partial charge in [-0.1, -0.05) is 6.92 Å². The van der Waals surface area contributed by atoms with Crippen LogP contribution in [0, 0.1) is 11.8 Å². The normalized spacial score (nSPS) is 49.0. The van der Waals surface area contributed by atoms with Crippen LogP contribution in [-0.4, -0.2) is 36.4 Å². The van der Waals surface area contributed by atoms with Crippen LogP contribution >= 0.6 is 0 Å². The molecule has 5 nitrogen and oxygen atoms in total. The lowest BCUT2D eigenvalue weighted by molar-refractivity contribution is -0.177. The molecule has 0 N–H and O–H groups in total. The highest BCUT2D eigenvalue weighted by Gasteiger charge is 2.69. The number of rotatable bonds is 1. The van der Waals surface area contributed by atoms with Gasteiger partial charge in [0.2, 0.25) is 5.60 Å². The summed E-state index contributed by atoms with van der Waals surface area (Å²) in [6.45, 7) is 3.64. The van der Waals surface area contributed by atoms with Crippen molar-refractivity contribution in [3.63, 3.8) is 0 Å². The molecule has 5 heteroatoms. The maximum atomic E-state index is 11.8. The molecule has 0 aromatic rings. The number of fused-ring (bicyclic) bond motifs is 3. The van der Waals surface area contributed by atoms with Gasteiger partial charge in [0.1, 0.15) is 6.61 Å². The van der Waals surface area contributed by atoms with Crippen molar-refractivity contribution in [2.75, 3.05) is 6.61 Å². The van der Waals surface area contributed by atoms with Crippen LogP contribution in [0.4, 0.5) is 0 Å². The number of hydrogen-bond donors (Lipinski definition) is 0. The zero-order chi connectivity index (χ0) is 11.5. The lowest BCUT2D eigenvalue weighted by Crippen LogP contribution is -2.52. The van der Waals surface area contributed by atoms with Crippen LogP contribution in [-0.2, 0) is 23.8 Å². The SMILES string of the molecule is CC(=O)O[C@]12C[C@@H](C)[C@H]3O[C@H]3[C@H]1COC2=O. The summed E-state index contributed by atoms with van der Waals surface area (Å²) in [5.74, 6) is -0.736. The number of cyclic esters (lactones) is 1. The van der Waals surface area contributed by atoms with E-state index in [0.29, 0.717) is 13.0 Å². The van der Waals surface area contributed by atoms with Crippen molar-refractivity contribution < 1.29 is 23.8 Å². The zero-order valence-corrected chi connectivity index (χ0v) is 9.26. The third kappa shape index (κ3) is 1.15. The number of hydrogen-bond acceptors (Lipinski definition) is 5. The Balaban J connectivity index is 1.95. The predicted molar refractivity (Wildman–Crippen MR) is 51.4 cm³/mol. The predicted octanol–water partition coefficient (Wildman–Crippen LogP) is 0.268. The van der Waals surface area contributed by atoms with Crippen molar-refractivity contribution in [3.05, 3.63) is 0 Å². The monoisotopic (exact) mass is 226 g/mol. The third-order valence-corrected chi connectivity index (χ3v) is 3.81. The fraction of sp³-hybridized carbons (Fsp3) is 0.818. The fourth-order valence-corrected chi connectivity index (χ4v) is 3.10. The molecule has 16 heavy (non-hydrogen) atoms. The minimum absolute atomic E-state index is 0.0227. The molecule has 2 saturated heterocycles. The highest BCUT2D eigenvalue weighted by Crippen LogP contribution is 2.53. The molecule has 0 amide bonds. The number of epoxide rings is 1. The van der Waals surface area contributed by atoms with Crippen LogP contribution in [0.15, 0.2) is 0 Å². The van der Waals surface area contributed by atoms with E-state index < -0.39 is 17.5 Å². The first-order valence-corrected chi connectivity index (χ1v) is 5.57. The zero-order valence-electron chi connectivity index (χ0n) is 9.26. The first kappa shape index (κ1) is 10.1. The number of esters is 2. The van der Waals surface area contributed by atoms with Gasteiger partial charge in [0, 0.05) is 13.3 Å². The van der Waals surface area contributed by atoms with E-state index >= 15 is 0 Å². The molecule has 2 heterocycles. The molecule has 0 aromatic carbocycles. The molecular weight excluding hydrogens is 212 g/mol. The Morgan fingerprint density at radius 2 is 2.25 bits per heavy atom. The van der Waals surface area contributed by atoms with Crippen molar-refractivity contribution in [1.82, 2.24) is 0 Å². The molecule has 2 aliphatic heterocycles. The second-order valence-corrected chi connectivity index (χ2v) is 4.93. The van der Waals surface area contributed by atoms with Gasteiger partial charge < -0.3 is 14.2 Å². The largest absolute Gasteiger partial charge is 0.462 e. The van der Waals surface area contributed by atoms with Crippen LogP contribution < -0.4 is 0 Å². The molecule has 0 unspecified atom stereocenters. The van der Waals surface area contributed by atoms with Gasteiger partial charge in [0.05, 0.1) is 18.1 Å². The lowest BCUT2D eigenvalue weighted by atomic mass is 9.72. The Bertz CT molecular complexity index is 365. The molecule has 3 fully saturated rings. The molecule has 0 radical (unpaired) electrons. The molecule has 0 spiro atoms. The van der Waals surface area contributed by atoms with E-state index in [9.17, 15) is 9.59 Å². The van der Waals surface area contributed by atoms with E-state index in [1.54, 1.807) is 0 Å². The minimum atomic E-state index is -1.08. The quantitative estimate of drug-likeness (QED) is 0.474. The second kappa shape index (κ2) is 2.97. The van der Waals surface area contributed by atoms with E-state index in [1.165, 1.54) is 6.92 Å². The Morgan fingerprint density at radius 1 is 1.50 bits per heavy atom. The number of ether oxygens (including phenoxy) is 3. The summed E-state index contributed by atoms with van der Waals surface area (Å²) < 4.78 is 15.9. The number of carbonyl (C=O) groups is 2. The topological polar surface area (TPSA) is 65.1 Å². The van der Waals surface area contributed by atoms with E-state index in [1.807, 2.05) is 6.92 Å². The molecule has 3 aliphatic rings. The molecule has 88 valence electrons. The van der Waals surface area contributed by atoms with Gasteiger partial charge in [-0.05, 0) is 5.92 Å². The minimum Gasteiger partial charge on any atom is -0.462 e. The van der Waals surface area contributed by atoms with Gasteiger partial charge in [-0.3, -0.25) is 4.79 Å². The molecule has 5 atom stereocenters. The van der Waals surface area contributed by atoms with Crippen molar-refractivity contribution in [1.29, 1.82) is 0 Å². The van der Waals surface area contributed by atoms with Gasteiger partial charge >= 0.3 is 11.9 Å². The highest BCUT2D eigenvalue weighted by molar-refractivity contribution is 5.85. The summed E-state index contributed by atoms with van der Waals surface area (Å²) in [5, 5.41) is 0. The van der Waals surface area contributed by atoms with Gasteiger partial charge in [-0.15, -0.1) is 0 Å². The van der Waals surface area contributed by atoms with E-state index in [0.717, 1.165) is 0 Å². The Morgan fingerprint density at radius 3 is 2.94 bits per heavy atom. The van der Waals surface area contributed by atoms with Crippen molar-refractivity contribution in [2.45, 2.75) is 38.1 Å². The average molecular weight is 226 g/mol. The maximum Gasteiger partial charge on any atom is 0.351 e. The average Bonchev–Trinajstić information content (AvgIpc) is 2.90. The van der Waals surface area contributed by atoms with Gasteiger partial charge in [-0.25, -0.2) is 4.79 Å². The van der Waals surface area contributed by atoms with Crippen LogP contribution in [0.1, 0.15) is 20.3 Å². The van der Waals surface area contributed by atoms with Crippen LogP contribution in [0.2, 0.25) is 0 Å². The van der Waals surface area contributed by atoms with Gasteiger partial charge in [-0.2, -0.15) is 0 Å². The van der Waals surface area contributed by atoms with E-state index in [2.05, 4.69) is 0 Å². The van der Waals surface area contributed by atoms with Crippen molar-refractivity contribution in [2.24, 2.45) is 11.8 Å². The van der Waals surface area contributed by atoms with Crippen LogP contribution in [0.5, 0.6) is 0 Å². The summed E-state index contributed by atoms with van der Waals surface area (Å²) in [6, 6.07) is 0. The summed E-state index contributed by atoms with van der Waals surface area (Å²) in [7, 11) is 0. The Kier molecular flexibility index (Phi) is 1.87. The molecule has 0 bridgehead atoms. The summed E-state index contributed by atoms with van der Waals surface area (Å²) in [5.41, 5.74) is -1.08.